The molecule has 2 atom stereocenters. The highest BCUT2D eigenvalue weighted by molar-refractivity contribution is 5.94. The Morgan fingerprint density at radius 1 is 1.23 bits per heavy atom. The van der Waals surface area contributed by atoms with E-state index in [1.807, 2.05) is 23.1 Å². The summed E-state index contributed by atoms with van der Waals surface area (Å²) in [5, 5.41) is 0. The van der Waals surface area contributed by atoms with Crippen LogP contribution >= 0.6 is 0 Å². The second-order valence-corrected chi connectivity index (χ2v) is 8.88. The van der Waals surface area contributed by atoms with Gasteiger partial charge in [0, 0.05) is 31.7 Å². The van der Waals surface area contributed by atoms with Gasteiger partial charge in [-0.15, -0.1) is 0 Å². The van der Waals surface area contributed by atoms with E-state index in [1.54, 1.807) is 0 Å². The molecule has 1 aromatic heterocycles. The first kappa shape index (κ1) is 19.8. The highest BCUT2D eigenvalue weighted by atomic mass is 16.6. The Labute approximate surface area is 178 Å². The minimum atomic E-state index is -0.354. The van der Waals surface area contributed by atoms with Crippen LogP contribution < -0.4 is 0 Å². The summed E-state index contributed by atoms with van der Waals surface area (Å²) in [5.74, 6) is 0.978. The summed E-state index contributed by atoms with van der Waals surface area (Å²) >= 11 is 0. The van der Waals surface area contributed by atoms with E-state index in [0.29, 0.717) is 32.0 Å². The summed E-state index contributed by atoms with van der Waals surface area (Å²) in [6, 6.07) is 10.3. The summed E-state index contributed by atoms with van der Waals surface area (Å²) in [7, 11) is 0. The molecule has 5 rings (SSSR count). The number of carbonyl (C=O) groups excluding carboxylic acids is 1. The van der Waals surface area contributed by atoms with Gasteiger partial charge in [0.15, 0.2) is 0 Å². The average Bonchev–Trinajstić information content (AvgIpc) is 3.29. The van der Waals surface area contributed by atoms with Gasteiger partial charge in [0.2, 0.25) is 0 Å². The maximum absolute atomic E-state index is 13.8. The normalized spacial score (nSPS) is 26.6. The molecule has 160 valence electrons. The quantitative estimate of drug-likeness (QED) is 0.776. The van der Waals surface area contributed by atoms with Gasteiger partial charge in [-0.25, -0.2) is 4.98 Å². The van der Waals surface area contributed by atoms with Crippen molar-refractivity contribution in [2.45, 2.75) is 63.7 Å². The van der Waals surface area contributed by atoms with Crippen LogP contribution in [0.2, 0.25) is 0 Å². The molecule has 0 bridgehead atoms. The van der Waals surface area contributed by atoms with E-state index in [9.17, 15) is 4.79 Å². The minimum absolute atomic E-state index is 0.0517. The second kappa shape index (κ2) is 8.16. The number of hydrogen-bond acceptors (Lipinski definition) is 4. The van der Waals surface area contributed by atoms with Crippen molar-refractivity contribution in [2.24, 2.45) is 0 Å². The molecule has 3 aliphatic rings. The van der Waals surface area contributed by atoms with Gasteiger partial charge in [-0.2, -0.15) is 0 Å². The van der Waals surface area contributed by atoms with E-state index in [1.165, 1.54) is 6.42 Å². The third-order valence-corrected chi connectivity index (χ3v) is 6.73. The summed E-state index contributed by atoms with van der Waals surface area (Å²) in [4.78, 5) is 20.7. The number of carbonyl (C=O) groups is 1. The Morgan fingerprint density at radius 2 is 2.10 bits per heavy atom. The van der Waals surface area contributed by atoms with Crippen LogP contribution in [0.4, 0.5) is 0 Å². The summed E-state index contributed by atoms with van der Waals surface area (Å²) in [6.45, 7) is 5.55. The molecule has 6 nitrogen and oxygen atoms in total. The third-order valence-electron chi connectivity index (χ3n) is 6.73. The summed E-state index contributed by atoms with van der Waals surface area (Å²) in [5.41, 5.74) is 2.47. The number of hydrogen-bond donors (Lipinski definition) is 0. The highest BCUT2D eigenvalue weighted by Crippen LogP contribution is 2.33. The number of rotatable bonds is 3. The fourth-order valence-corrected chi connectivity index (χ4v) is 5.11. The van der Waals surface area contributed by atoms with Crippen LogP contribution in [0.25, 0.3) is 11.4 Å². The Balaban J connectivity index is 1.51. The first-order chi connectivity index (χ1) is 14.7. The van der Waals surface area contributed by atoms with Gasteiger partial charge in [0.25, 0.3) is 5.91 Å². The molecular formula is C24H31N3O3. The van der Waals surface area contributed by atoms with Crippen LogP contribution in [-0.4, -0.2) is 58.4 Å². The van der Waals surface area contributed by atoms with Crippen LogP contribution in [0.5, 0.6) is 0 Å². The van der Waals surface area contributed by atoms with Gasteiger partial charge < -0.3 is 18.9 Å². The predicted octanol–water partition coefficient (Wildman–Crippen LogP) is 3.69. The molecule has 4 heterocycles. The molecule has 3 aliphatic heterocycles. The van der Waals surface area contributed by atoms with E-state index in [-0.39, 0.29) is 17.6 Å². The van der Waals surface area contributed by atoms with Crippen molar-refractivity contribution in [2.75, 3.05) is 26.3 Å². The van der Waals surface area contributed by atoms with Gasteiger partial charge >= 0.3 is 0 Å². The molecule has 2 saturated heterocycles. The number of amides is 1. The van der Waals surface area contributed by atoms with Crippen molar-refractivity contribution in [1.29, 1.82) is 0 Å². The van der Waals surface area contributed by atoms with E-state index in [2.05, 4.69) is 23.6 Å². The van der Waals surface area contributed by atoms with Crippen LogP contribution in [0.15, 0.2) is 30.3 Å². The molecule has 0 aliphatic carbocycles. The molecule has 0 N–H and O–H groups in total. The largest absolute Gasteiger partial charge is 0.378 e. The lowest BCUT2D eigenvalue weighted by Crippen LogP contribution is -2.57. The number of fused-ring (bicyclic) bond motifs is 1. The maximum atomic E-state index is 13.8. The first-order valence-electron chi connectivity index (χ1n) is 11.4. The van der Waals surface area contributed by atoms with Crippen LogP contribution in [0.1, 0.15) is 55.2 Å². The first-order valence-corrected chi connectivity index (χ1v) is 11.4. The molecule has 1 spiro atoms. The van der Waals surface area contributed by atoms with Crippen molar-refractivity contribution in [3.05, 3.63) is 41.7 Å². The lowest BCUT2D eigenvalue weighted by atomic mass is 9.98. The third kappa shape index (κ3) is 3.56. The number of ether oxygens (including phenoxy) is 2. The smallest absolute Gasteiger partial charge is 0.274 e. The van der Waals surface area contributed by atoms with Gasteiger partial charge in [-0.05, 0) is 25.7 Å². The van der Waals surface area contributed by atoms with Gasteiger partial charge in [0.1, 0.15) is 17.1 Å². The van der Waals surface area contributed by atoms with E-state index < -0.39 is 0 Å². The molecule has 30 heavy (non-hydrogen) atoms. The van der Waals surface area contributed by atoms with Crippen LogP contribution in [-0.2, 0) is 22.4 Å². The second-order valence-electron chi connectivity index (χ2n) is 8.88. The minimum Gasteiger partial charge on any atom is -0.378 e. The molecular weight excluding hydrogens is 378 g/mol. The zero-order valence-electron chi connectivity index (χ0n) is 17.8. The van der Waals surface area contributed by atoms with E-state index in [0.717, 1.165) is 55.7 Å². The molecule has 2 aromatic rings. The highest BCUT2D eigenvalue weighted by Gasteiger charge is 2.45. The van der Waals surface area contributed by atoms with Crippen molar-refractivity contribution >= 4 is 5.91 Å². The standard InChI is InChI=1S/C24H31N3O3/c1-2-19-15-26(16-24(30-19)12-14-29-17-24)23(28)21-20-11-7-4-8-13-27(20)22(25-21)18-9-5-3-6-10-18/h3,5-6,9-10,19H,2,4,7-8,11-17H2,1H3. The fourth-order valence-electron chi connectivity index (χ4n) is 5.11. The predicted molar refractivity (Wildman–Crippen MR) is 114 cm³/mol. The molecule has 0 radical (unpaired) electrons. The summed E-state index contributed by atoms with van der Waals surface area (Å²) < 4.78 is 14.3. The van der Waals surface area contributed by atoms with Crippen LogP contribution in [0.3, 0.4) is 0 Å². The zero-order valence-corrected chi connectivity index (χ0v) is 17.8. The van der Waals surface area contributed by atoms with Crippen molar-refractivity contribution in [1.82, 2.24) is 14.5 Å². The van der Waals surface area contributed by atoms with Crippen molar-refractivity contribution in [3.8, 4) is 11.4 Å². The van der Waals surface area contributed by atoms with E-state index >= 15 is 0 Å². The van der Waals surface area contributed by atoms with Crippen molar-refractivity contribution in [3.63, 3.8) is 0 Å². The summed E-state index contributed by atoms with van der Waals surface area (Å²) in [6.07, 6.45) is 6.15. The average molecular weight is 410 g/mol. The zero-order chi connectivity index (χ0) is 20.6. The molecule has 6 heteroatoms. The monoisotopic (exact) mass is 409 g/mol. The van der Waals surface area contributed by atoms with Gasteiger partial charge in [-0.3, -0.25) is 4.79 Å². The SMILES string of the molecule is CCC1CN(C(=O)c2nc(-c3ccccc3)n3c2CCCCC3)CC2(CCOC2)O1. The van der Waals surface area contributed by atoms with Gasteiger partial charge in [-0.1, -0.05) is 43.7 Å². The molecule has 2 fully saturated rings. The maximum Gasteiger partial charge on any atom is 0.274 e. The number of benzene rings is 1. The topological polar surface area (TPSA) is 56.6 Å². The lowest BCUT2D eigenvalue weighted by Gasteiger charge is -2.43. The number of morpholine rings is 1. The number of nitrogens with zero attached hydrogens (tertiary/aromatic N) is 3. The van der Waals surface area contributed by atoms with Gasteiger partial charge in [0.05, 0.1) is 24.9 Å². The van der Waals surface area contributed by atoms with Crippen LogP contribution in [0, 0.1) is 0 Å². The van der Waals surface area contributed by atoms with E-state index in [4.69, 9.17) is 14.5 Å². The Morgan fingerprint density at radius 3 is 2.87 bits per heavy atom. The number of imidazole rings is 1. The Bertz CT molecular complexity index is 902. The molecule has 1 amide bonds. The Kier molecular flexibility index (Phi) is 5.37. The lowest BCUT2D eigenvalue weighted by molar-refractivity contribution is -0.145. The number of aromatic nitrogens is 2. The van der Waals surface area contributed by atoms with Crippen molar-refractivity contribution < 1.29 is 14.3 Å². The molecule has 0 saturated carbocycles. The Hall–Kier alpha value is -2.18. The molecule has 1 aromatic carbocycles. The fraction of sp³-hybridized carbons (Fsp3) is 0.583. The molecule has 2 unspecified atom stereocenters.